The smallest absolute Gasteiger partial charge is 0.257 e. The number of anilines is 3. The molecule has 0 aliphatic heterocycles. The molecule has 28 heavy (non-hydrogen) atoms. The van der Waals surface area contributed by atoms with Crippen molar-refractivity contribution in [2.45, 2.75) is 0 Å². The molecule has 2 heterocycles. The monoisotopic (exact) mass is 407 g/mol. The van der Waals surface area contributed by atoms with Crippen LogP contribution in [0.2, 0.25) is 5.02 Å². The molecule has 2 N–H and O–H groups in total. The zero-order valence-corrected chi connectivity index (χ0v) is 16.0. The van der Waals surface area contributed by atoms with Crippen LogP contribution in [-0.4, -0.2) is 21.1 Å². The lowest BCUT2D eigenvalue weighted by atomic mass is 10.2. The van der Waals surface area contributed by atoms with Gasteiger partial charge in [-0.1, -0.05) is 23.7 Å². The SMILES string of the molecule is O=C(Nc1nc(-c2ccc(Cl)cc2)cs1)c1ccc(Nc2ccnnc2)cc1. The molecule has 1 amide bonds. The normalized spacial score (nSPS) is 10.5. The van der Waals surface area contributed by atoms with Gasteiger partial charge in [-0.2, -0.15) is 10.2 Å². The van der Waals surface area contributed by atoms with E-state index >= 15 is 0 Å². The van der Waals surface area contributed by atoms with Crippen molar-refractivity contribution in [1.29, 1.82) is 0 Å². The summed E-state index contributed by atoms with van der Waals surface area (Å²) < 4.78 is 0. The number of aromatic nitrogens is 3. The Morgan fingerprint density at radius 3 is 2.43 bits per heavy atom. The molecule has 0 aliphatic carbocycles. The van der Waals surface area contributed by atoms with Gasteiger partial charge in [0.1, 0.15) is 0 Å². The molecule has 2 aromatic carbocycles. The number of carbonyl (C=O) groups is 1. The second-order valence-corrected chi connectivity index (χ2v) is 7.13. The standard InChI is InChI=1S/C20H14ClN5OS/c21-15-5-1-13(2-6-15)18-12-28-20(25-18)26-19(27)14-3-7-16(8-4-14)24-17-9-10-22-23-11-17/h1-12H,(H,22,24)(H,25,26,27). The van der Waals surface area contributed by atoms with Crippen molar-refractivity contribution in [3.8, 4) is 11.3 Å². The Balaban J connectivity index is 1.42. The van der Waals surface area contributed by atoms with Gasteiger partial charge in [0.2, 0.25) is 0 Å². The maximum absolute atomic E-state index is 12.5. The van der Waals surface area contributed by atoms with Gasteiger partial charge in [-0.3, -0.25) is 10.1 Å². The van der Waals surface area contributed by atoms with Gasteiger partial charge in [0.25, 0.3) is 5.91 Å². The van der Waals surface area contributed by atoms with Crippen LogP contribution in [-0.2, 0) is 0 Å². The molecule has 138 valence electrons. The van der Waals surface area contributed by atoms with Crippen LogP contribution >= 0.6 is 22.9 Å². The van der Waals surface area contributed by atoms with E-state index in [-0.39, 0.29) is 5.91 Å². The van der Waals surface area contributed by atoms with Crippen molar-refractivity contribution in [1.82, 2.24) is 15.2 Å². The zero-order valence-electron chi connectivity index (χ0n) is 14.5. The Hall–Kier alpha value is -3.29. The highest BCUT2D eigenvalue weighted by Gasteiger charge is 2.10. The second kappa shape index (κ2) is 8.16. The van der Waals surface area contributed by atoms with Crippen molar-refractivity contribution >= 4 is 45.4 Å². The Morgan fingerprint density at radius 2 is 1.71 bits per heavy atom. The van der Waals surface area contributed by atoms with Gasteiger partial charge in [-0.05, 0) is 42.5 Å². The van der Waals surface area contributed by atoms with Crippen LogP contribution < -0.4 is 10.6 Å². The molecule has 0 spiro atoms. The number of rotatable bonds is 5. The molecular formula is C20H14ClN5OS. The zero-order chi connectivity index (χ0) is 19.3. The summed E-state index contributed by atoms with van der Waals surface area (Å²) in [6.07, 6.45) is 3.23. The highest BCUT2D eigenvalue weighted by molar-refractivity contribution is 7.14. The van der Waals surface area contributed by atoms with E-state index in [1.807, 2.05) is 47.8 Å². The van der Waals surface area contributed by atoms with E-state index in [1.165, 1.54) is 11.3 Å². The van der Waals surface area contributed by atoms with Gasteiger partial charge in [-0.15, -0.1) is 11.3 Å². The van der Waals surface area contributed by atoms with E-state index in [9.17, 15) is 4.79 Å². The first kappa shape index (κ1) is 18.1. The minimum atomic E-state index is -0.214. The summed E-state index contributed by atoms with van der Waals surface area (Å²) in [5.41, 5.74) is 3.96. The van der Waals surface area contributed by atoms with E-state index in [2.05, 4.69) is 25.8 Å². The average Bonchev–Trinajstić information content (AvgIpc) is 3.18. The van der Waals surface area contributed by atoms with Crippen molar-refractivity contribution < 1.29 is 4.79 Å². The predicted molar refractivity (Wildman–Crippen MR) is 112 cm³/mol. The van der Waals surface area contributed by atoms with E-state index in [4.69, 9.17) is 11.6 Å². The highest BCUT2D eigenvalue weighted by Crippen LogP contribution is 2.26. The van der Waals surface area contributed by atoms with Crippen LogP contribution in [0.15, 0.2) is 72.4 Å². The van der Waals surface area contributed by atoms with Crippen LogP contribution in [0.25, 0.3) is 11.3 Å². The highest BCUT2D eigenvalue weighted by atomic mass is 35.5. The third kappa shape index (κ3) is 4.33. The minimum absolute atomic E-state index is 0.214. The summed E-state index contributed by atoms with van der Waals surface area (Å²) in [7, 11) is 0. The summed E-state index contributed by atoms with van der Waals surface area (Å²) in [4.78, 5) is 16.9. The fourth-order valence-electron chi connectivity index (χ4n) is 2.49. The molecule has 0 fully saturated rings. The predicted octanol–water partition coefficient (Wildman–Crippen LogP) is 5.25. The third-order valence-electron chi connectivity index (χ3n) is 3.88. The van der Waals surface area contributed by atoms with Crippen molar-refractivity contribution in [2.24, 2.45) is 0 Å². The Morgan fingerprint density at radius 1 is 0.929 bits per heavy atom. The molecular weight excluding hydrogens is 394 g/mol. The van der Waals surface area contributed by atoms with Gasteiger partial charge in [0.05, 0.1) is 23.8 Å². The fourth-order valence-corrected chi connectivity index (χ4v) is 3.33. The van der Waals surface area contributed by atoms with E-state index in [0.717, 1.165) is 22.6 Å². The molecule has 2 aromatic heterocycles. The van der Waals surface area contributed by atoms with Crippen LogP contribution in [0.3, 0.4) is 0 Å². The van der Waals surface area contributed by atoms with E-state index < -0.39 is 0 Å². The number of benzene rings is 2. The molecule has 0 bridgehead atoms. The maximum atomic E-state index is 12.5. The molecule has 0 radical (unpaired) electrons. The first-order chi connectivity index (χ1) is 13.7. The molecule has 4 rings (SSSR count). The number of hydrogen-bond donors (Lipinski definition) is 2. The molecule has 0 aliphatic rings. The van der Waals surface area contributed by atoms with Gasteiger partial charge >= 0.3 is 0 Å². The number of halogens is 1. The maximum Gasteiger partial charge on any atom is 0.257 e. The molecule has 0 unspecified atom stereocenters. The number of thiazole rings is 1. The topological polar surface area (TPSA) is 79.8 Å². The summed E-state index contributed by atoms with van der Waals surface area (Å²) in [5, 5.41) is 16.7. The Bertz CT molecular complexity index is 1080. The summed E-state index contributed by atoms with van der Waals surface area (Å²) in [6, 6.07) is 16.4. The van der Waals surface area contributed by atoms with Gasteiger partial charge in [0.15, 0.2) is 5.13 Å². The first-order valence-electron chi connectivity index (χ1n) is 8.34. The van der Waals surface area contributed by atoms with E-state index in [1.54, 1.807) is 24.5 Å². The minimum Gasteiger partial charge on any atom is -0.354 e. The summed E-state index contributed by atoms with van der Waals surface area (Å²) in [6.45, 7) is 0. The molecule has 0 atom stereocenters. The quantitative estimate of drug-likeness (QED) is 0.472. The number of nitrogens with zero attached hydrogens (tertiary/aromatic N) is 3. The molecule has 0 saturated carbocycles. The number of hydrogen-bond acceptors (Lipinski definition) is 6. The van der Waals surface area contributed by atoms with Gasteiger partial charge < -0.3 is 5.32 Å². The fraction of sp³-hybridized carbons (Fsp3) is 0. The Kier molecular flexibility index (Phi) is 5.27. The average molecular weight is 408 g/mol. The summed E-state index contributed by atoms with van der Waals surface area (Å²) >= 11 is 7.29. The van der Waals surface area contributed by atoms with Gasteiger partial charge in [-0.25, -0.2) is 4.98 Å². The van der Waals surface area contributed by atoms with Crippen LogP contribution in [0.5, 0.6) is 0 Å². The van der Waals surface area contributed by atoms with Crippen LogP contribution in [0.4, 0.5) is 16.5 Å². The number of amides is 1. The third-order valence-corrected chi connectivity index (χ3v) is 4.89. The van der Waals surface area contributed by atoms with Crippen molar-refractivity contribution in [3.05, 3.63) is 83.0 Å². The lowest BCUT2D eigenvalue weighted by Crippen LogP contribution is -2.11. The number of carbonyl (C=O) groups excluding carboxylic acids is 1. The lowest BCUT2D eigenvalue weighted by Gasteiger charge is -2.06. The lowest BCUT2D eigenvalue weighted by molar-refractivity contribution is 0.102. The van der Waals surface area contributed by atoms with Crippen molar-refractivity contribution in [2.75, 3.05) is 10.6 Å². The van der Waals surface area contributed by atoms with E-state index in [0.29, 0.717) is 15.7 Å². The van der Waals surface area contributed by atoms with Gasteiger partial charge in [0, 0.05) is 27.2 Å². The second-order valence-electron chi connectivity index (χ2n) is 5.83. The Labute approximate surface area is 170 Å². The summed E-state index contributed by atoms with van der Waals surface area (Å²) in [5.74, 6) is -0.214. The first-order valence-corrected chi connectivity index (χ1v) is 9.60. The molecule has 4 aromatic rings. The van der Waals surface area contributed by atoms with Crippen LogP contribution in [0.1, 0.15) is 10.4 Å². The molecule has 6 nitrogen and oxygen atoms in total. The van der Waals surface area contributed by atoms with Crippen LogP contribution in [0, 0.1) is 0 Å². The number of nitrogens with one attached hydrogen (secondary N) is 2. The largest absolute Gasteiger partial charge is 0.354 e. The molecule has 0 saturated heterocycles. The molecule has 8 heteroatoms. The van der Waals surface area contributed by atoms with Crippen molar-refractivity contribution in [3.63, 3.8) is 0 Å².